The van der Waals surface area contributed by atoms with Gasteiger partial charge in [-0.2, -0.15) is 0 Å². The molecule has 2 unspecified atom stereocenters. The van der Waals surface area contributed by atoms with E-state index < -0.39 is 0 Å². The molecule has 0 spiro atoms. The van der Waals surface area contributed by atoms with Gasteiger partial charge in [0, 0.05) is 50.2 Å². The molecule has 1 saturated heterocycles. The third-order valence-electron chi connectivity index (χ3n) is 5.57. The second-order valence-electron chi connectivity index (χ2n) is 8.21. The minimum absolute atomic E-state index is 0.0467. The molecular formula is C25H33N3O3. The summed E-state index contributed by atoms with van der Waals surface area (Å²) in [5.41, 5.74) is 1.70. The van der Waals surface area contributed by atoms with E-state index in [-0.39, 0.29) is 30.3 Å². The minimum Gasteiger partial charge on any atom is -0.379 e. The van der Waals surface area contributed by atoms with Crippen LogP contribution in [-0.4, -0.2) is 66.5 Å². The van der Waals surface area contributed by atoms with Crippen LogP contribution in [0.1, 0.15) is 36.2 Å². The molecule has 3 rings (SSSR count). The third-order valence-corrected chi connectivity index (χ3v) is 5.57. The van der Waals surface area contributed by atoms with Crippen molar-refractivity contribution in [2.45, 2.75) is 38.9 Å². The van der Waals surface area contributed by atoms with E-state index in [4.69, 9.17) is 4.74 Å². The highest BCUT2D eigenvalue weighted by molar-refractivity contribution is 5.94. The Hall–Kier alpha value is -2.70. The maximum Gasteiger partial charge on any atom is 0.251 e. The zero-order chi connectivity index (χ0) is 22.1. The van der Waals surface area contributed by atoms with Gasteiger partial charge in [0.25, 0.3) is 5.91 Å². The summed E-state index contributed by atoms with van der Waals surface area (Å²) < 4.78 is 5.45. The third kappa shape index (κ3) is 7.19. The maximum atomic E-state index is 13.3. The molecule has 0 bridgehead atoms. The smallest absolute Gasteiger partial charge is 0.251 e. The van der Waals surface area contributed by atoms with Gasteiger partial charge in [-0.15, -0.1) is 0 Å². The number of morpholine rings is 1. The lowest BCUT2D eigenvalue weighted by molar-refractivity contribution is -0.135. The number of rotatable bonds is 9. The monoisotopic (exact) mass is 423 g/mol. The second kappa shape index (κ2) is 11.6. The Morgan fingerprint density at radius 2 is 1.61 bits per heavy atom. The van der Waals surface area contributed by atoms with Gasteiger partial charge in [-0.3, -0.25) is 14.5 Å². The Bertz CT molecular complexity index is 822. The van der Waals surface area contributed by atoms with Gasteiger partial charge in [-0.05, 0) is 31.5 Å². The van der Waals surface area contributed by atoms with Gasteiger partial charge in [-0.1, -0.05) is 48.5 Å². The highest BCUT2D eigenvalue weighted by Gasteiger charge is 2.25. The lowest BCUT2D eigenvalue weighted by Crippen LogP contribution is -2.49. The standard InChI is InChI=1S/C25H33N3O3/c1-20(26-25(30)23-11-7-4-8-12-23)17-24(29)28(19-22-9-5-3-6-10-22)21(2)18-27-13-15-31-16-14-27/h3-12,20-21H,13-19H2,1-2H3,(H,26,30). The molecule has 2 aromatic rings. The van der Waals surface area contributed by atoms with Crippen molar-refractivity contribution < 1.29 is 14.3 Å². The molecule has 2 aromatic carbocycles. The van der Waals surface area contributed by atoms with Gasteiger partial charge in [0.15, 0.2) is 0 Å². The summed E-state index contributed by atoms with van der Waals surface area (Å²) in [7, 11) is 0. The SMILES string of the molecule is CC(CC(=O)N(Cc1ccccc1)C(C)CN1CCOCC1)NC(=O)c1ccccc1. The van der Waals surface area contributed by atoms with Gasteiger partial charge < -0.3 is 15.0 Å². The molecule has 2 atom stereocenters. The second-order valence-corrected chi connectivity index (χ2v) is 8.21. The molecule has 0 saturated carbocycles. The number of carbonyl (C=O) groups excluding carboxylic acids is 2. The highest BCUT2D eigenvalue weighted by atomic mass is 16.5. The maximum absolute atomic E-state index is 13.3. The van der Waals surface area contributed by atoms with Crippen LogP contribution in [0, 0.1) is 0 Å². The lowest BCUT2D eigenvalue weighted by atomic mass is 10.1. The Morgan fingerprint density at radius 3 is 2.26 bits per heavy atom. The molecule has 0 aliphatic carbocycles. The van der Waals surface area contributed by atoms with Crippen molar-refractivity contribution in [1.82, 2.24) is 15.1 Å². The van der Waals surface area contributed by atoms with Gasteiger partial charge in [0.05, 0.1) is 13.2 Å². The van der Waals surface area contributed by atoms with Crippen LogP contribution in [0.2, 0.25) is 0 Å². The van der Waals surface area contributed by atoms with Crippen LogP contribution in [0.5, 0.6) is 0 Å². The fourth-order valence-electron chi connectivity index (χ4n) is 3.85. The molecule has 1 fully saturated rings. The molecule has 166 valence electrons. The first-order chi connectivity index (χ1) is 15.0. The van der Waals surface area contributed by atoms with Crippen molar-refractivity contribution in [3.05, 3.63) is 71.8 Å². The Kier molecular flexibility index (Phi) is 8.62. The van der Waals surface area contributed by atoms with Crippen LogP contribution < -0.4 is 5.32 Å². The molecular weight excluding hydrogens is 390 g/mol. The van der Waals surface area contributed by atoms with Gasteiger partial charge in [-0.25, -0.2) is 0 Å². The van der Waals surface area contributed by atoms with Crippen LogP contribution >= 0.6 is 0 Å². The number of carbonyl (C=O) groups is 2. The number of hydrogen-bond donors (Lipinski definition) is 1. The van der Waals surface area contributed by atoms with Crippen LogP contribution in [0.15, 0.2) is 60.7 Å². The van der Waals surface area contributed by atoms with Crippen molar-refractivity contribution in [3.8, 4) is 0 Å². The van der Waals surface area contributed by atoms with Gasteiger partial charge in [0.1, 0.15) is 0 Å². The first-order valence-electron chi connectivity index (χ1n) is 11.0. The normalized spacial score (nSPS) is 16.3. The topological polar surface area (TPSA) is 61.9 Å². The summed E-state index contributed by atoms with van der Waals surface area (Å²) in [5.74, 6) is -0.109. The number of amides is 2. The molecule has 0 radical (unpaired) electrons. The number of benzene rings is 2. The number of ether oxygens (including phenoxy) is 1. The average molecular weight is 424 g/mol. The Morgan fingerprint density at radius 1 is 1.00 bits per heavy atom. The van der Waals surface area contributed by atoms with Crippen LogP contribution in [0.25, 0.3) is 0 Å². The predicted molar refractivity (Wildman–Crippen MR) is 122 cm³/mol. The van der Waals surface area contributed by atoms with E-state index in [2.05, 4.69) is 17.1 Å². The Labute approximate surface area is 185 Å². The number of nitrogens with one attached hydrogen (secondary N) is 1. The minimum atomic E-state index is -0.255. The summed E-state index contributed by atoms with van der Waals surface area (Å²) in [5, 5.41) is 2.95. The van der Waals surface area contributed by atoms with Crippen molar-refractivity contribution in [2.24, 2.45) is 0 Å². The molecule has 2 amide bonds. The predicted octanol–water partition coefficient (Wildman–Crippen LogP) is 2.94. The Balaban J connectivity index is 1.63. The molecule has 1 aliphatic heterocycles. The largest absolute Gasteiger partial charge is 0.379 e. The van der Waals surface area contributed by atoms with E-state index in [1.165, 1.54) is 0 Å². The molecule has 1 heterocycles. The molecule has 0 aromatic heterocycles. The van der Waals surface area contributed by atoms with Gasteiger partial charge in [0.2, 0.25) is 5.91 Å². The van der Waals surface area contributed by atoms with Crippen molar-refractivity contribution in [3.63, 3.8) is 0 Å². The van der Waals surface area contributed by atoms with Gasteiger partial charge >= 0.3 is 0 Å². The summed E-state index contributed by atoms with van der Waals surface area (Å²) in [4.78, 5) is 30.0. The zero-order valence-corrected chi connectivity index (χ0v) is 18.5. The van der Waals surface area contributed by atoms with E-state index in [0.29, 0.717) is 12.1 Å². The van der Waals surface area contributed by atoms with E-state index >= 15 is 0 Å². The van der Waals surface area contributed by atoms with Crippen LogP contribution in [-0.2, 0) is 16.1 Å². The van der Waals surface area contributed by atoms with E-state index in [0.717, 1.165) is 38.4 Å². The molecule has 1 N–H and O–H groups in total. The average Bonchev–Trinajstić information content (AvgIpc) is 2.79. The molecule has 6 heteroatoms. The zero-order valence-electron chi connectivity index (χ0n) is 18.5. The van der Waals surface area contributed by atoms with Crippen LogP contribution in [0.4, 0.5) is 0 Å². The van der Waals surface area contributed by atoms with E-state index in [1.807, 2.05) is 60.4 Å². The fourth-order valence-corrected chi connectivity index (χ4v) is 3.85. The lowest BCUT2D eigenvalue weighted by Gasteiger charge is -2.35. The van der Waals surface area contributed by atoms with E-state index in [1.54, 1.807) is 12.1 Å². The molecule has 31 heavy (non-hydrogen) atoms. The molecule has 1 aliphatic rings. The summed E-state index contributed by atoms with van der Waals surface area (Å²) in [6.07, 6.45) is 0.263. The van der Waals surface area contributed by atoms with E-state index in [9.17, 15) is 9.59 Å². The summed E-state index contributed by atoms with van der Waals surface area (Å²) in [6.45, 7) is 8.61. The number of nitrogens with zero attached hydrogens (tertiary/aromatic N) is 2. The van der Waals surface area contributed by atoms with Crippen molar-refractivity contribution in [1.29, 1.82) is 0 Å². The van der Waals surface area contributed by atoms with Crippen molar-refractivity contribution >= 4 is 11.8 Å². The summed E-state index contributed by atoms with van der Waals surface area (Å²) >= 11 is 0. The first kappa shape index (κ1) is 23.0. The fraction of sp³-hybridized carbons (Fsp3) is 0.440. The van der Waals surface area contributed by atoms with Crippen LogP contribution in [0.3, 0.4) is 0 Å². The highest BCUT2D eigenvalue weighted by Crippen LogP contribution is 2.14. The molecule has 6 nitrogen and oxygen atoms in total. The number of hydrogen-bond acceptors (Lipinski definition) is 4. The van der Waals surface area contributed by atoms with Crippen molar-refractivity contribution in [2.75, 3.05) is 32.8 Å². The summed E-state index contributed by atoms with van der Waals surface area (Å²) in [6, 6.07) is 18.9. The first-order valence-corrected chi connectivity index (χ1v) is 11.0. The quantitative estimate of drug-likeness (QED) is 0.674.